The molecule has 1 unspecified atom stereocenters. The van der Waals surface area contributed by atoms with E-state index in [2.05, 4.69) is 21.9 Å². The summed E-state index contributed by atoms with van der Waals surface area (Å²) in [5, 5.41) is 25.0. The van der Waals surface area contributed by atoms with Gasteiger partial charge in [-0.05, 0) is 37.1 Å². The molecule has 7 nitrogen and oxygen atoms in total. The Morgan fingerprint density at radius 1 is 1.26 bits per heavy atom. The summed E-state index contributed by atoms with van der Waals surface area (Å²) < 4.78 is 16.9. The van der Waals surface area contributed by atoms with Gasteiger partial charge in [0.15, 0.2) is 0 Å². The number of carbonyl (C=O) groups is 1. The maximum Gasteiger partial charge on any atom is 0.251 e. The van der Waals surface area contributed by atoms with Gasteiger partial charge in [0.2, 0.25) is 0 Å². The second kappa shape index (κ2) is 8.37. The van der Waals surface area contributed by atoms with Crippen LogP contribution in [-0.2, 0) is 4.79 Å². The van der Waals surface area contributed by atoms with Crippen LogP contribution in [0.2, 0.25) is 5.02 Å². The van der Waals surface area contributed by atoms with Gasteiger partial charge in [0.05, 0.1) is 17.5 Å². The fraction of sp³-hybridized carbons (Fsp3) is 0.318. The van der Waals surface area contributed by atoms with Crippen LogP contribution < -0.4 is 5.32 Å². The molecule has 0 aliphatic heterocycles. The predicted octanol–water partition coefficient (Wildman–Crippen LogP) is 3.59. The summed E-state index contributed by atoms with van der Waals surface area (Å²) in [5.74, 6) is -0.860. The lowest BCUT2D eigenvalue weighted by atomic mass is 9.93. The molecule has 1 aliphatic carbocycles. The molecule has 3 aromatic rings. The van der Waals surface area contributed by atoms with E-state index in [-0.39, 0.29) is 12.3 Å². The van der Waals surface area contributed by atoms with E-state index in [4.69, 9.17) is 11.6 Å². The first-order chi connectivity index (χ1) is 14.8. The molecular formula is C22H22ClFN4O3. The Labute approximate surface area is 183 Å². The van der Waals surface area contributed by atoms with E-state index in [1.165, 1.54) is 6.33 Å². The number of rotatable bonds is 5. The number of nitrogens with zero attached hydrogens (tertiary/aromatic N) is 3. The lowest BCUT2D eigenvalue weighted by Gasteiger charge is -2.20. The second-order valence-electron chi connectivity index (χ2n) is 7.82. The molecule has 0 saturated heterocycles. The zero-order chi connectivity index (χ0) is 22.3. The first-order valence-corrected chi connectivity index (χ1v) is 10.2. The topological polar surface area (TPSA) is 100 Å². The Morgan fingerprint density at radius 2 is 1.97 bits per heavy atom. The van der Waals surface area contributed by atoms with Crippen molar-refractivity contribution in [1.82, 2.24) is 14.5 Å². The van der Waals surface area contributed by atoms with Crippen LogP contribution in [0.1, 0.15) is 31.1 Å². The molecule has 1 saturated carbocycles. The van der Waals surface area contributed by atoms with Gasteiger partial charge in [-0.25, -0.2) is 14.4 Å². The number of amides is 1. The summed E-state index contributed by atoms with van der Waals surface area (Å²) in [7, 11) is 0. The standard InChI is InChI=1S/C22H22ClFN4O3/c1-11(2)22(31)27-20-14-7-8-28(21(14)26-10-25-20)16-9-15(18(29)19(16)30)17(24)12-3-5-13(23)6-4-12/h3-8,10,15-19,29-30H,1,9H2,2H3,(H,25,26,27,31)/t15-,16-,17?,18-,19+/m1/s1. The van der Waals surface area contributed by atoms with Gasteiger partial charge in [-0.15, -0.1) is 0 Å². The average molecular weight is 445 g/mol. The number of halogens is 2. The van der Waals surface area contributed by atoms with Crippen molar-refractivity contribution in [3.8, 4) is 0 Å². The number of aromatic nitrogens is 3. The number of benzene rings is 1. The number of hydrogen-bond donors (Lipinski definition) is 3. The predicted molar refractivity (Wildman–Crippen MR) is 115 cm³/mol. The first kappa shape index (κ1) is 21.4. The zero-order valence-corrected chi connectivity index (χ0v) is 17.5. The molecule has 162 valence electrons. The van der Waals surface area contributed by atoms with Crippen molar-refractivity contribution >= 4 is 34.4 Å². The van der Waals surface area contributed by atoms with Crippen molar-refractivity contribution in [2.24, 2.45) is 5.92 Å². The maximum absolute atomic E-state index is 15.2. The van der Waals surface area contributed by atoms with Gasteiger partial charge in [-0.2, -0.15) is 0 Å². The third-order valence-electron chi connectivity index (χ3n) is 5.75. The number of alkyl halides is 1. The molecule has 1 amide bonds. The van der Waals surface area contributed by atoms with Crippen molar-refractivity contribution in [2.45, 2.75) is 37.8 Å². The van der Waals surface area contributed by atoms with Gasteiger partial charge in [0, 0.05) is 22.7 Å². The lowest BCUT2D eigenvalue weighted by molar-refractivity contribution is -0.112. The van der Waals surface area contributed by atoms with Crippen LogP contribution in [0.4, 0.5) is 10.2 Å². The molecule has 9 heteroatoms. The summed E-state index contributed by atoms with van der Waals surface area (Å²) in [5.41, 5.74) is 1.19. The molecule has 5 atom stereocenters. The number of aliphatic hydroxyl groups excluding tert-OH is 2. The maximum atomic E-state index is 15.2. The summed E-state index contributed by atoms with van der Waals surface area (Å²) in [6.45, 7) is 5.19. The van der Waals surface area contributed by atoms with Crippen LogP contribution in [0.3, 0.4) is 0 Å². The van der Waals surface area contributed by atoms with Gasteiger partial charge >= 0.3 is 0 Å². The van der Waals surface area contributed by atoms with Gasteiger partial charge in [-0.3, -0.25) is 4.79 Å². The third-order valence-corrected chi connectivity index (χ3v) is 6.00. The average Bonchev–Trinajstić information content (AvgIpc) is 3.30. The molecule has 3 N–H and O–H groups in total. The highest BCUT2D eigenvalue weighted by molar-refractivity contribution is 6.30. The van der Waals surface area contributed by atoms with Crippen molar-refractivity contribution in [3.63, 3.8) is 0 Å². The number of aliphatic hydroxyl groups is 2. The van der Waals surface area contributed by atoms with Gasteiger partial charge in [-0.1, -0.05) is 30.3 Å². The van der Waals surface area contributed by atoms with Crippen LogP contribution in [0.5, 0.6) is 0 Å². The monoisotopic (exact) mass is 444 g/mol. The number of nitrogens with one attached hydrogen (secondary N) is 1. The fourth-order valence-corrected chi connectivity index (χ4v) is 4.18. The molecule has 4 rings (SSSR count). The molecule has 2 aromatic heterocycles. The summed E-state index contributed by atoms with van der Waals surface area (Å²) in [6, 6.07) is 7.46. The molecule has 31 heavy (non-hydrogen) atoms. The largest absolute Gasteiger partial charge is 0.390 e. The first-order valence-electron chi connectivity index (χ1n) is 9.82. The quantitative estimate of drug-likeness (QED) is 0.522. The molecule has 2 heterocycles. The number of fused-ring (bicyclic) bond motifs is 1. The Bertz CT molecular complexity index is 1130. The van der Waals surface area contributed by atoms with Gasteiger partial charge in [0.1, 0.15) is 30.1 Å². The van der Waals surface area contributed by atoms with E-state index in [1.54, 1.807) is 48.0 Å². The van der Waals surface area contributed by atoms with E-state index < -0.39 is 30.3 Å². The SMILES string of the molecule is C=C(C)C(=O)Nc1ncnc2c1ccn2[C@@H]1C[C@H](C(F)c2ccc(Cl)cc2)[C@@H](O)[C@H]1O. The Balaban J connectivity index is 1.63. The van der Waals surface area contributed by atoms with Gasteiger partial charge in [0.25, 0.3) is 5.91 Å². The zero-order valence-electron chi connectivity index (χ0n) is 16.7. The van der Waals surface area contributed by atoms with Crippen molar-refractivity contribution in [1.29, 1.82) is 0 Å². The second-order valence-corrected chi connectivity index (χ2v) is 8.25. The Morgan fingerprint density at radius 3 is 2.65 bits per heavy atom. The fourth-order valence-electron chi connectivity index (χ4n) is 4.06. The molecule has 1 aliphatic rings. The molecule has 1 fully saturated rings. The Hall–Kier alpha value is -2.81. The Kier molecular flexibility index (Phi) is 5.79. The number of anilines is 1. The third kappa shape index (κ3) is 3.94. The van der Waals surface area contributed by atoms with E-state index in [1.807, 2.05) is 0 Å². The molecule has 1 aromatic carbocycles. The van der Waals surface area contributed by atoms with E-state index in [0.717, 1.165) is 0 Å². The van der Waals surface area contributed by atoms with Crippen LogP contribution in [0, 0.1) is 5.92 Å². The molecule has 0 radical (unpaired) electrons. The lowest BCUT2D eigenvalue weighted by Crippen LogP contribution is -2.30. The smallest absolute Gasteiger partial charge is 0.251 e. The van der Waals surface area contributed by atoms with Crippen LogP contribution in [-0.4, -0.2) is 42.9 Å². The van der Waals surface area contributed by atoms with E-state index in [0.29, 0.717) is 33.0 Å². The number of carbonyl (C=O) groups excluding carboxylic acids is 1. The minimum atomic E-state index is -1.46. The highest BCUT2D eigenvalue weighted by atomic mass is 35.5. The van der Waals surface area contributed by atoms with E-state index in [9.17, 15) is 15.0 Å². The van der Waals surface area contributed by atoms with Crippen molar-refractivity contribution in [3.05, 3.63) is 65.6 Å². The van der Waals surface area contributed by atoms with Gasteiger partial charge < -0.3 is 20.1 Å². The highest BCUT2D eigenvalue weighted by Crippen LogP contribution is 2.45. The van der Waals surface area contributed by atoms with Crippen molar-refractivity contribution < 1.29 is 19.4 Å². The van der Waals surface area contributed by atoms with Crippen LogP contribution >= 0.6 is 11.6 Å². The normalized spacial score (nSPS) is 24.3. The minimum absolute atomic E-state index is 0.202. The summed E-state index contributed by atoms with van der Waals surface area (Å²) in [4.78, 5) is 20.4. The highest BCUT2D eigenvalue weighted by Gasteiger charge is 2.46. The van der Waals surface area contributed by atoms with Crippen molar-refractivity contribution in [2.75, 3.05) is 5.32 Å². The summed E-state index contributed by atoms with van der Waals surface area (Å²) >= 11 is 5.88. The molecule has 0 bridgehead atoms. The van der Waals surface area contributed by atoms with E-state index >= 15 is 4.39 Å². The minimum Gasteiger partial charge on any atom is -0.390 e. The molecule has 0 spiro atoms. The van der Waals surface area contributed by atoms with Crippen LogP contribution in [0.25, 0.3) is 11.0 Å². The van der Waals surface area contributed by atoms with Crippen LogP contribution in [0.15, 0.2) is 55.0 Å². The number of hydrogen-bond acceptors (Lipinski definition) is 5. The molecular weight excluding hydrogens is 423 g/mol. The summed E-state index contributed by atoms with van der Waals surface area (Å²) in [6.07, 6.45) is -0.712.